The number of hydrogen-bond donors (Lipinski definition) is 3. The number of aliphatic carboxylic acids is 3. The Morgan fingerprint density at radius 1 is 1.00 bits per heavy atom. The molecular formula is C9H12O6. The van der Waals surface area contributed by atoms with Crippen molar-refractivity contribution in [2.45, 2.75) is 13.8 Å². The summed E-state index contributed by atoms with van der Waals surface area (Å²) in [5.41, 5.74) is -0.419. The fourth-order valence-electron chi connectivity index (χ4n) is 0.874. The average Bonchev–Trinajstić information content (AvgIpc) is 2.11. The summed E-state index contributed by atoms with van der Waals surface area (Å²) in [4.78, 5) is 31.7. The van der Waals surface area contributed by atoms with Crippen molar-refractivity contribution in [3.05, 3.63) is 11.6 Å². The van der Waals surface area contributed by atoms with Crippen molar-refractivity contribution >= 4 is 17.9 Å². The van der Waals surface area contributed by atoms with E-state index in [1.54, 1.807) is 0 Å². The summed E-state index contributed by atoms with van der Waals surface area (Å²) in [5, 5.41) is 25.8. The molecule has 0 amide bonds. The highest BCUT2D eigenvalue weighted by Crippen LogP contribution is 2.14. The molecule has 2 atom stereocenters. The zero-order valence-electron chi connectivity index (χ0n) is 8.30. The molecule has 0 aliphatic heterocycles. The number of carboxylic acid groups (broad SMARTS) is 3. The first-order valence-electron chi connectivity index (χ1n) is 4.18. The standard InChI is InChI=1S/C9H12O6/c1-4(7(10)11)3-6(9(14)15)5(2)8(12)13/h3-5H,1-2H3,(H,10,11)(H,12,13)(H,14,15). The van der Waals surface area contributed by atoms with Gasteiger partial charge in [0.1, 0.15) is 0 Å². The fraction of sp³-hybridized carbons (Fsp3) is 0.444. The minimum absolute atomic E-state index is 0.419. The van der Waals surface area contributed by atoms with Gasteiger partial charge in [0, 0.05) is 5.57 Å². The van der Waals surface area contributed by atoms with E-state index in [0.29, 0.717) is 0 Å². The largest absolute Gasteiger partial charge is 0.481 e. The van der Waals surface area contributed by atoms with Crippen molar-refractivity contribution in [2.75, 3.05) is 0 Å². The Labute approximate surface area is 85.8 Å². The summed E-state index contributed by atoms with van der Waals surface area (Å²) >= 11 is 0. The number of carboxylic acids is 3. The van der Waals surface area contributed by atoms with Crippen LogP contribution >= 0.6 is 0 Å². The van der Waals surface area contributed by atoms with Gasteiger partial charge in [-0.25, -0.2) is 4.79 Å². The van der Waals surface area contributed by atoms with Crippen LogP contribution in [-0.2, 0) is 14.4 Å². The normalized spacial score (nSPS) is 15.5. The van der Waals surface area contributed by atoms with Crippen LogP contribution in [0.5, 0.6) is 0 Å². The van der Waals surface area contributed by atoms with Gasteiger partial charge in [0.15, 0.2) is 0 Å². The second-order valence-corrected chi connectivity index (χ2v) is 3.11. The molecule has 0 aliphatic rings. The molecule has 15 heavy (non-hydrogen) atoms. The maximum Gasteiger partial charge on any atom is 0.332 e. The molecule has 3 N–H and O–H groups in total. The Morgan fingerprint density at radius 3 is 1.73 bits per heavy atom. The van der Waals surface area contributed by atoms with E-state index in [-0.39, 0.29) is 0 Å². The first-order chi connectivity index (χ1) is 6.77. The predicted molar refractivity (Wildman–Crippen MR) is 49.3 cm³/mol. The molecule has 6 nitrogen and oxygen atoms in total. The monoisotopic (exact) mass is 216 g/mol. The summed E-state index contributed by atoms with van der Waals surface area (Å²) in [6.45, 7) is 2.47. The highest BCUT2D eigenvalue weighted by atomic mass is 16.4. The van der Waals surface area contributed by atoms with Crippen LogP contribution in [0.4, 0.5) is 0 Å². The zero-order chi connectivity index (χ0) is 12.2. The lowest BCUT2D eigenvalue weighted by Crippen LogP contribution is -2.20. The van der Waals surface area contributed by atoms with E-state index in [9.17, 15) is 14.4 Å². The minimum Gasteiger partial charge on any atom is -0.481 e. The van der Waals surface area contributed by atoms with E-state index < -0.39 is 35.3 Å². The molecule has 0 saturated carbocycles. The lowest BCUT2D eigenvalue weighted by atomic mass is 9.97. The molecular weight excluding hydrogens is 204 g/mol. The van der Waals surface area contributed by atoms with Gasteiger partial charge >= 0.3 is 17.9 Å². The van der Waals surface area contributed by atoms with E-state index in [2.05, 4.69) is 0 Å². The van der Waals surface area contributed by atoms with Gasteiger partial charge in [-0.1, -0.05) is 6.08 Å². The van der Waals surface area contributed by atoms with E-state index in [1.807, 2.05) is 0 Å². The predicted octanol–water partition coefficient (Wildman–Crippen LogP) is 0.439. The molecule has 0 fully saturated rings. The van der Waals surface area contributed by atoms with Gasteiger partial charge in [-0.3, -0.25) is 9.59 Å². The van der Waals surface area contributed by atoms with Crippen molar-refractivity contribution in [1.82, 2.24) is 0 Å². The lowest BCUT2D eigenvalue weighted by molar-refractivity contribution is -0.143. The Balaban J connectivity index is 5.05. The van der Waals surface area contributed by atoms with Crippen LogP contribution < -0.4 is 0 Å². The SMILES string of the molecule is CC(C=C(C(=O)O)C(C)C(=O)O)C(=O)O. The van der Waals surface area contributed by atoms with Crippen molar-refractivity contribution < 1.29 is 29.7 Å². The molecule has 0 spiro atoms. The van der Waals surface area contributed by atoms with Crippen molar-refractivity contribution in [3.63, 3.8) is 0 Å². The fourth-order valence-corrected chi connectivity index (χ4v) is 0.874. The summed E-state index contributed by atoms with van der Waals surface area (Å²) in [6, 6.07) is 0. The molecule has 84 valence electrons. The molecule has 6 heteroatoms. The summed E-state index contributed by atoms with van der Waals surface area (Å²) < 4.78 is 0. The van der Waals surface area contributed by atoms with Crippen LogP contribution in [0.2, 0.25) is 0 Å². The Kier molecular flexibility index (Phi) is 4.50. The van der Waals surface area contributed by atoms with Gasteiger partial charge in [-0.2, -0.15) is 0 Å². The minimum atomic E-state index is -1.42. The summed E-state index contributed by atoms with van der Waals surface area (Å²) in [7, 11) is 0. The van der Waals surface area contributed by atoms with Crippen molar-refractivity contribution in [1.29, 1.82) is 0 Å². The van der Waals surface area contributed by atoms with E-state index in [0.717, 1.165) is 6.08 Å². The van der Waals surface area contributed by atoms with Crippen LogP contribution in [0.1, 0.15) is 13.8 Å². The van der Waals surface area contributed by atoms with Crippen LogP contribution in [0.3, 0.4) is 0 Å². The van der Waals surface area contributed by atoms with Gasteiger partial charge in [0.05, 0.1) is 11.8 Å². The third-order valence-corrected chi connectivity index (χ3v) is 1.90. The van der Waals surface area contributed by atoms with Crippen molar-refractivity contribution in [3.8, 4) is 0 Å². The van der Waals surface area contributed by atoms with E-state index in [4.69, 9.17) is 15.3 Å². The maximum atomic E-state index is 10.7. The van der Waals surface area contributed by atoms with Gasteiger partial charge in [0.25, 0.3) is 0 Å². The van der Waals surface area contributed by atoms with Gasteiger partial charge in [-0.15, -0.1) is 0 Å². The van der Waals surface area contributed by atoms with E-state index >= 15 is 0 Å². The summed E-state index contributed by atoms with van der Waals surface area (Å²) in [5.74, 6) is -6.19. The molecule has 0 aliphatic carbocycles. The zero-order valence-corrected chi connectivity index (χ0v) is 8.30. The van der Waals surface area contributed by atoms with Crippen LogP contribution in [-0.4, -0.2) is 33.2 Å². The van der Waals surface area contributed by atoms with Crippen molar-refractivity contribution in [2.24, 2.45) is 11.8 Å². The molecule has 2 unspecified atom stereocenters. The van der Waals surface area contributed by atoms with Crippen LogP contribution in [0, 0.1) is 11.8 Å². The molecule has 0 aromatic rings. The topological polar surface area (TPSA) is 112 Å². The highest BCUT2D eigenvalue weighted by Gasteiger charge is 2.24. The Morgan fingerprint density at radius 2 is 1.47 bits per heavy atom. The average molecular weight is 216 g/mol. The quantitative estimate of drug-likeness (QED) is 0.575. The van der Waals surface area contributed by atoms with Gasteiger partial charge < -0.3 is 15.3 Å². The first-order valence-corrected chi connectivity index (χ1v) is 4.18. The Hall–Kier alpha value is -1.85. The second kappa shape index (κ2) is 5.14. The number of hydrogen-bond acceptors (Lipinski definition) is 3. The molecule has 0 saturated heterocycles. The third-order valence-electron chi connectivity index (χ3n) is 1.90. The molecule has 0 rings (SSSR count). The maximum absolute atomic E-state index is 10.7. The Bertz CT molecular complexity index is 317. The summed E-state index contributed by atoms with van der Waals surface area (Å²) in [6.07, 6.45) is 0.934. The van der Waals surface area contributed by atoms with Gasteiger partial charge in [-0.05, 0) is 13.8 Å². The third kappa shape index (κ3) is 3.80. The van der Waals surface area contributed by atoms with Crippen LogP contribution in [0.15, 0.2) is 11.6 Å². The van der Waals surface area contributed by atoms with Crippen LogP contribution in [0.25, 0.3) is 0 Å². The smallest absolute Gasteiger partial charge is 0.332 e. The molecule has 0 radical (unpaired) electrons. The highest BCUT2D eigenvalue weighted by molar-refractivity contribution is 5.94. The molecule has 0 bridgehead atoms. The second-order valence-electron chi connectivity index (χ2n) is 3.11. The molecule has 0 aromatic carbocycles. The number of carbonyl (C=O) groups is 3. The lowest BCUT2D eigenvalue weighted by Gasteiger charge is -2.08. The molecule has 0 aromatic heterocycles. The number of rotatable bonds is 5. The van der Waals surface area contributed by atoms with Gasteiger partial charge in [0.2, 0.25) is 0 Å². The first kappa shape index (κ1) is 13.2. The van der Waals surface area contributed by atoms with E-state index in [1.165, 1.54) is 13.8 Å². The molecule has 0 heterocycles.